The molecule has 1 heterocycles. The number of carbonyl (C=O) groups is 2. The molecule has 6 nitrogen and oxygen atoms in total. The number of aromatic amines is 1. The fraction of sp³-hybridized carbons (Fsp3) is 0.417. The van der Waals surface area contributed by atoms with Gasteiger partial charge >= 0.3 is 5.97 Å². The van der Waals surface area contributed by atoms with E-state index >= 15 is 0 Å². The first-order chi connectivity index (χ1) is 8.73. The van der Waals surface area contributed by atoms with Crippen molar-refractivity contribution in [2.24, 2.45) is 5.92 Å². The number of pyridine rings is 1. The van der Waals surface area contributed by atoms with Crippen molar-refractivity contribution >= 4 is 27.8 Å². The summed E-state index contributed by atoms with van der Waals surface area (Å²) in [5.74, 6) is -2.12. The van der Waals surface area contributed by atoms with E-state index in [1.54, 1.807) is 20.8 Å². The molecule has 0 spiro atoms. The summed E-state index contributed by atoms with van der Waals surface area (Å²) in [5, 5.41) is 11.3. The molecule has 0 unspecified atom stereocenters. The van der Waals surface area contributed by atoms with Crippen LogP contribution in [0.4, 0.5) is 0 Å². The summed E-state index contributed by atoms with van der Waals surface area (Å²) in [6, 6.07) is 0.343. The molecule has 1 aromatic rings. The summed E-state index contributed by atoms with van der Waals surface area (Å²) in [6.07, 6.45) is 0. The Morgan fingerprint density at radius 2 is 2.00 bits per heavy atom. The van der Waals surface area contributed by atoms with Crippen LogP contribution in [-0.2, 0) is 4.79 Å². The molecule has 1 rings (SSSR count). The van der Waals surface area contributed by atoms with Crippen molar-refractivity contribution in [3.63, 3.8) is 0 Å². The predicted octanol–water partition coefficient (Wildman–Crippen LogP) is 1.28. The van der Waals surface area contributed by atoms with Gasteiger partial charge in [-0.25, -0.2) is 4.79 Å². The van der Waals surface area contributed by atoms with Gasteiger partial charge in [0.2, 0.25) is 0 Å². The molecule has 0 aliphatic heterocycles. The molecule has 0 saturated carbocycles. The number of hydrogen-bond donors (Lipinski definition) is 3. The molecular weight excluding hydrogens is 316 g/mol. The molecule has 0 fully saturated rings. The molecule has 0 aliphatic carbocycles. The lowest BCUT2D eigenvalue weighted by Crippen LogP contribution is -2.45. The van der Waals surface area contributed by atoms with E-state index in [0.717, 1.165) is 0 Å². The Morgan fingerprint density at radius 1 is 1.42 bits per heavy atom. The number of carboxylic acids is 1. The Hall–Kier alpha value is -1.63. The fourth-order valence-corrected chi connectivity index (χ4v) is 1.83. The van der Waals surface area contributed by atoms with Gasteiger partial charge in [-0.1, -0.05) is 13.8 Å². The molecule has 0 saturated heterocycles. The van der Waals surface area contributed by atoms with Gasteiger partial charge in [-0.15, -0.1) is 0 Å². The van der Waals surface area contributed by atoms with E-state index in [9.17, 15) is 14.4 Å². The third-order valence-electron chi connectivity index (χ3n) is 2.64. The Kier molecular flexibility index (Phi) is 4.88. The first kappa shape index (κ1) is 15.4. The average Bonchev–Trinajstić information content (AvgIpc) is 2.29. The van der Waals surface area contributed by atoms with E-state index in [1.807, 2.05) is 0 Å². The van der Waals surface area contributed by atoms with Crippen LogP contribution in [0.3, 0.4) is 0 Å². The molecule has 0 aliphatic rings. The van der Waals surface area contributed by atoms with Crippen LogP contribution in [0.25, 0.3) is 0 Å². The monoisotopic (exact) mass is 330 g/mol. The smallest absolute Gasteiger partial charge is 0.326 e. The van der Waals surface area contributed by atoms with E-state index in [-0.39, 0.29) is 11.5 Å². The minimum atomic E-state index is -1.13. The van der Waals surface area contributed by atoms with E-state index in [2.05, 4.69) is 26.2 Å². The maximum Gasteiger partial charge on any atom is 0.326 e. The normalized spacial score (nSPS) is 12.3. The van der Waals surface area contributed by atoms with Crippen LogP contribution in [-0.4, -0.2) is 28.0 Å². The molecule has 1 amide bonds. The van der Waals surface area contributed by atoms with Gasteiger partial charge in [0.25, 0.3) is 11.5 Å². The molecule has 0 radical (unpaired) electrons. The largest absolute Gasteiger partial charge is 0.480 e. The number of aromatic nitrogens is 1. The van der Waals surface area contributed by atoms with Crippen LogP contribution in [0.1, 0.15) is 29.9 Å². The topological polar surface area (TPSA) is 99.3 Å². The van der Waals surface area contributed by atoms with Crippen LogP contribution in [0.15, 0.2) is 15.3 Å². The highest BCUT2D eigenvalue weighted by Gasteiger charge is 2.25. The number of hydrogen-bond acceptors (Lipinski definition) is 3. The third kappa shape index (κ3) is 3.66. The summed E-state index contributed by atoms with van der Waals surface area (Å²) >= 11 is 3.21. The number of nitrogens with one attached hydrogen (secondary N) is 2. The summed E-state index contributed by atoms with van der Waals surface area (Å²) < 4.78 is 0.577. The Labute approximate surface area is 118 Å². The lowest BCUT2D eigenvalue weighted by atomic mass is 10.0. The van der Waals surface area contributed by atoms with Gasteiger partial charge in [-0.05, 0) is 34.8 Å². The summed E-state index contributed by atoms with van der Waals surface area (Å²) in [5.41, 5.74) is -0.0735. The number of aliphatic carboxylic acids is 1. The number of amides is 1. The van der Waals surface area contributed by atoms with Crippen LogP contribution < -0.4 is 10.9 Å². The summed E-state index contributed by atoms with van der Waals surface area (Å²) in [4.78, 5) is 37.1. The molecule has 0 aromatic carbocycles. The maximum atomic E-state index is 11.9. The van der Waals surface area contributed by atoms with Crippen molar-refractivity contribution in [3.8, 4) is 0 Å². The highest BCUT2D eigenvalue weighted by atomic mass is 79.9. The number of carboxylic acid groups (broad SMARTS) is 1. The highest BCUT2D eigenvalue weighted by molar-refractivity contribution is 9.10. The van der Waals surface area contributed by atoms with Gasteiger partial charge in [0.15, 0.2) is 0 Å². The zero-order valence-corrected chi connectivity index (χ0v) is 12.4. The summed E-state index contributed by atoms with van der Waals surface area (Å²) in [6.45, 7) is 5.03. The van der Waals surface area contributed by atoms with Gasteiger partial charge in [-0.3, -0.25) is 9.59 Å². The second-order valence-corrected chi connectivity index (χ2v) is 5.37. The van der Waals surface area contributed by atoms with Crippen LogP contribution in [0, 0.1) is 12.8 Å². The van der Waals surface area contributed by atoms with Crippen LogP contribution in [0.5, 0.6) is 0 Å². The van der Waals surface area contributed by atoms with Crippen LogP contribution in [0.2, 0.25) is 0 Å². The lowest BCUT2D eigenvalue weighted by molar-refractivity contribution is -0.140. The maximum absolute atomic E-state index is 11.9. The highest BCUT2D eigenvalue weighted by Crippen LogP contribution is 2.13. The number of halogens is 1. The van der Waals surface area contributed by atoms with E-state index in [0.29, 0.717) is 10.2 Å². The molecule has 19 heavy (non-hydrogen) atoms. The van der Waals surface area contributed by atoms with Crippen molar-refractivity contribution in [1.29, 1.82) is 0 Å². The number of carbonyl (C=O) groups excluding carboxylic acids is 1. The van der Waals surface area contributed by atoms with E-state index < -0.39 is 23.5 Å². The van der Waals surface area contributed by atoms with Gasteiger partial charge in [0.05, 0.1) is 0 Å². The molecule has 104 valence electrons. The second kappa shape index (κ2) is 6.01. The van der Waals surface area contributed by atoms with Crippen LogP contribution >= 0.6 is 15.9 Å². The molecular formula is C12H15BrN2O4. The lowest BCUT2D eigenvalue weighted by Gasteiger charge is -2.17. The number of H-pyrrole nitrogens is 1. The van der Waals surface area contributed by atoms with Crippen molar-refractivity contribution in [2.45, 2.75) is 26.8 Å². The van der Waals surface area contributed by atoms with E-state index in [1.165, 1.54) is 6.07 Å². The van der Waals surface area contributed by atoms with Gasteiger partial charge in [0.1, 0.15) is 11.6 Å². The van der Waals surface area contributed by atoms with Crippen molar-refractivity contribution in [1.82, 2.24) is 10.3 Å². The zero-order chi connectivity index (χ0) is 14.7. The van der Waals surface area contributed by atoms with Gasteiger partial charge < -0.3 is 15.4 Å². The zero-order valence-electron chi connectivity index (χ0n) is 10.8. The number of rotatable bonds is 4. The third-order valence-corrected chi connectivity index (χ3v) is 3.46. The van der Waals surface area contributed by atoms with Crippen molar-refractivity contribution in [2.75, 3.05) is 0 Å². The molecule has 0 bridgehead atoms. The van der Waals surface area contributed by atoms with Crippen molar-refractivity contribution < 1.29 is 14.7 Å². The minimum Gasteiger partial charge on any atom is -0.480 e. The first-order valence-electron chi connectivity index (χ1n) is 5.67. The van der Waals surface area contributed by atoms with E-state index in [4.69, 9.17) is 5.11 Å². The molecule has 7 heteroatoms. The quantitative estimate of drug-likeness (QED) is 0.774. The molecule has 1 aromatic heterocycles. The number of aryl methyl sites for hydroxylation is 1. The first-order valence-corrected chi connectivity index (χ1v) is 6.46. The standard InChI is InChI=1S/C12H15BrN2O4/c1-5(2)9(12(18)19)15-11(17)7-4-8(13)6(3)14-10(7)16/h4-5,9H,1-3H3,(H,14,16)(H,15,17)(H,18,19)/t9-/m1/s1. The van der Waals surface area contributed by atoms with Gasteiger partial charge in [0, 0.05) is 10.2 Å². The second-order valence-electron chi connectivity index (χ2n) is 4.52. The predicted molar refractivity (Wildman–Crippen MR) is 73.2 cm³/mol. The van der Waals surface area contributed by atoms with Gasteiger partial charge in [-0.2, -0.15) is 0 Å². The Morgan fingerprint density at radius 3 is 2.47 bits per heavy atom. The fourth-order valence-electron chi connectivity index (χ4n) is 1.50. The van der Waals surface area contributed by atoms with Crippen molar-refractivity contribution in [3.05, 3.63) is 32.2 Å². The Bertz CT molecular complexity index is 565. The Balaban J connectivity index is 3.05. The average molecular weight is 331 g/mol. The SMILES string of the molecule is Cc1[nH]c(=O)c(C(=O)N[C@@H](C(=O)O)C(C)C)cc1Br. The molecule has 1 atom stereocenters. The summed E-state index contributed by atoms with van der Waals surface area (Å²) in [7, 11) is 0. The minimum absolute atomic E-state index is 0.121. The molecule has 3 N–H and O–H groups in total.